The van der Waals surface area contributed by atoms with Crippen molar-refractivity contribution >= 4 is 11.6 Å². The number of rotatable bonds is 4. The Balaban J connectivity index is 1.61. The number of anilines is 1. The molecule has 1 aliphatic heterocycles. The highest BCUT2D eigenvalue weighted by Gasteiger charge is 2.12. The molecule has 3 heterocycles. The molecule has 2 aromatic rings. The summed E-state index contributed by atoms with van der Waals surface area (Å²) in [5.74, 6) is 0.793. The standard InChI is InChI=1S/C13H20N6/c1-17(10-11-18-8-5-14-6-9-18)13-15-12-4-2-3-7-19(12)16-13/h2-4,7,14H,5-6,8-11H2,1H3. The van der Waals surface area contributed by atoms with E-state index in [1.807, 2.05) is 28.9 Å². The van der Waals surface area contributed by atoms with Gasteiger partial charge in [0.15, 0.2) is 5.65 Å². The van der Waals surface area contributed by atoms with Gasteiger partial charge in [0.1, 0.15) is 0 Å². The van der Waals surface area contributed by atoms with Crippen molar-refractivity contribution in [2.45, 2.75) is 0 Å². The molecule has 0 amide bonds. The second-order valence-electron chi connectivity index (χ2n) is 4.93. The summed E-state index contributed by atoms with van der Waals surface area (Å²) in [6.45, 7) is 6.47. The number of pyridine rings is 1. The molecule has 6 nitrogen and oxygen atoms in total. The van der Waals surface area contributed by atoms with Gasteiger partial charge in [0.2, 0.25) is 5.95 Å². The Morgan fingerprint density at radius 1 is 1.32 bits per heavy atom. The summed E-state index contributed by atoms with van der Waals surface area (Å²) in [4.78, 5) is 9.12. The van der Waals surface area contributed by atoms with Gasteiger partial charge in [-0.2, -0.15) is 4.98 Å². The van der Waals surface area contributed by atoms with Gasteiger partial charge < -0.3 is 10.2 Å². The Labute approximate surface area is 113 Å². The van der Waals surface area contributed by atoms with Crippen molar-refractivity contribution in [2.24, 2.45) is 0 Å². The molecule has 0 spiro atoms. The van der Waals surface area contributed by atoms with Crippen LogP contribution in [0.2, 0.25) is 0 Å². The van der Waals surface area contributed by atoms with Gasteiger partial charge in [0, 0.05) is 52.5 Å². The van der Waals surface area contributed by atoms with Crippen LogP contribution in [0.25, 0.3) is 5.65 Å². The predicted octanol–water partition coefficient (Wildman–Crippen LogP) is 0.0707. The van der Waals surface area contributed by atoms with Crippen molar-refractivity contribution in [3.8, 4) is 0 Å². The number of likely N-dealkylation sites (N-methyl/N-ethyl adjacent to an activating group) is 1. The van der Waals surface area contributed by atoms with Crippen LogP contribution in [0.3, 0.4) is 0 Å². The van der Waals surface area contributed by atoms with Gasteiger partial charge >= 0.3 is 0 Å². The Morgan fingerprint density at radius 3 is 2.95 bits per heavy atom. The number of nitrogens with zero attached hydrogens (tertiary/aromatic N) is 5. The van der Waals surface area contributed by atoms with Gasteiger partial charge in [-0.3, -0.25) is 4.90 Å². The zero-order chi connectivity index (χ0) is 13.1. The number of hydrogen-bond donors (Lipinski definition) is 1. The first kappa shape index (κ1) is 12.4. The monoisotopic (exact) mass is 260 g/mol. The molecular weight excluding hydrogens is 240 g/mol. The third-order valence-corrected chi connectivity index (χ3v) is 3.53. The highest BCUT2D eigenvalue weighted by molar-refractivity contribution is 5.43. The summed E-state index contributed by atoms with van der Waals surface area (Å²) in [5.41, 5.74) is 0.895. The molecule has 0 aromatic carbocycles. The quantitative estimate of drug-likeness (QED) is 0.843. The van der Waals surface area contributed by atoms with Gasteiger partial charge in [-0.15, -0.1) is 5.10 Å². The van der Waals surface area contributed by atoms with E-state index in [1.54, 1.807) is 0 Å². The molecule has 6 heteroatoms. The lowest BCUT2D eigenvalue weighted by Gasteiger charge is -2.28. The summed E-state index contributed by atoms with van der Waals surface area (Å²) in [5, 5.41) is 7.85. The lowest BCUT2D eigenvalue weighted by atomic mass is 10.3. The molecular formula is C13H20N6. The van der Waals surface area contributed by atoms with Crippen molar-refractivity contribution in [1.29, 1.82) is 0 Å². The van der Waals surface area contributed by atoms with Gasteiger partial charge in [-0.05, 0) is 12.1 Å². The molecule has 0 saturated carbocycles. The maximum absolute atomic E-state index is 4.52. The van der Waals surface area contributed by atoms with Gasteiger partial charge in [-0.25, -0.2) is 4.52 Å². The molecule has 3 rings (SSSR count). The Kier molecular flexibility index (Phi) is 3.61. The third kappa shape index (κ3) is 2.85. The first-order valence-electron chi connectivity index (χ1n) is 6.78. The minimum Gasteiger partial charge on any atom is -0.341 e. The molecule has 0 unspecified atom stereocenters. The van der Waals surface area contributed by atoms with Crippen molar-refractivity contribution in [1.82, 2.24) is 24.8 Å². The molecule has 1 saturated heterocycles. The Hall–Kier alpha value is -1.66. The zero-order valence-corrected chi connectivity index (χ0v) is 11.3. The van der Waals surface area contributed by atoms with Crippen LogP contribution in [0.4, 0.5) is 5.95 Å². The van der Waals surface area contributed by atoms with E-state index < -0.39 is 0 Å². The van der Waals surface area contributed by atoms with Crippen LogP contribution in [0.15, 0.2) is 24.4 Å². The predicted molar refractivity (Wildman–Crippen MR) is 75.6 cm³/mol. The fourth-order valence-electron chi connectivity index (χ4n) is 2.31. The molecule has 0 aliphatic carbocycles. The van der Waals surface area contributed by atoms with E-state index in [0.29, 0.717) is 0 Å². The van der Waals surface area contributed by atoms with Gasteiger partial charge in [-0.1, -0.05) is 6.07 Å². The van der Waals surface area contributed by atoms with E-state index in [1.165, 1.54) is 0 Å². The number of piperazine rings is 1. The van der Waals surface area contributed by atoms with Crippen molar-refractivity contribution in [3.63, 3.8) is 0 Å². The summed E-state index contributed by atoms with van der Waals surface area (Å²) < 4.78 is 1.82. The fourth-order valence-corrected chi connectivity index (χ4v) is 2.31. The molecule has 0 atom stereocenters. The smallest absolute Gasteiger partial charge is 0.245 e. The summed E-state index contributed by atoms with van der Waals surface area (Å²) >= 11 is 0. The largest absolute Gasteiger partial charge is 0.341 e. The second kappa shape index (κ2) is 5.54. The Bertz CT molecular complexity index is 498. The Morgan fingerprint density at radius 2 is 2.16 bits per heavy atom. The average Bonchev–Trinajstić information content (AvgIpc) is 2.90. The zero-order valence-electron chi connectivity index (χ0n) is 11.3. The van der Waals surface area contributed by atoms with E-state index in [9.17, 15) is 0 Å². The molecule has 0 bridgehead atoms. The highest BCUT2D eigenvalue weighted by atomic mass is 15.4. The van der Waals surface area contributed by atoms with Crippen LogP contribution in [0, 0.1) is 0 Å². The van der Waals surface area contributed by atoms with E-state index >= 15 is 0 Å². The van der Waals surface area contributed by atoms with Crippen LogP contribution >= 0.6 is 0 Å². The molecule has 1 aliphatic rings. The lowest BCUT2D eigenvalue weighted by Crippen LogP contribution is -2.46. The second-order valence-corrected chi connectivity index (χ2v) is 4.93. The maximum Gasteiger partial charge on any atom is 0.245 e. The van der Waals surface area contributed by atoms with Crippen LogP contribution < -0.4 is 10.2 Å². The highest BCUT2D eigenvalue weighted by Crippen LogP contribution is 2.08. The van der Waals surface area contributed by atoms with Crippen LogP contribution in [0.1, 0.15) is 0 Å². The minimum absolute atomic E-state index is 0.793. The summed E-state index contributed by atoms with van der Waals surface area (Å²) in [6, 6.07) is 5.92. The van der Waals surface area contributed by atoms with E-state index in [0.717, 1.165) is 50.9 Å². The first-order chi connectivity index (χ1) is 9.33. The SMILES string of the molecule is CN(CCN1CCNCC1)c1nc2ccccn2n1. The topological polar surface area (TPSA) is 48.7 Å². The lowest BCUT2D eigenvalue weighted by molar-refractivity contribution is 0.246. The van der Waals surface area contributed by atoms with Crippen molar-refractivity contribution < 1.29 is 0 Å². The van der Waals surface area contributed by atoms with E-state index in [2.05, 4.69) is 32.2 Å². The summed E-state index contributed by atoms with van der Waals surface area (Å²) in [7, 11) is 2.05. The molecule has 1 fully saturated rings. The van der Waals surface area contributed by atoms with E-state index in [4.69, 9.17) is 0 Å². The number of hydrogen-bond acceptors (Lipinski definition) is 5. The van der Waals surface area contributed by atoms with Gasteiger partial charge in [0.05, 0.1) is 0 Å². The number of aromatic nitrogens is 3. The first-order valence-corrected chi connectivity index (χ1v) is 6.78. The van der Waals surface area contributed by atoms with Gasteiger partial charge in [0.25, 0.3) is 0 Å². The molecule has 0 radical (unpaired) electrons. The van der Waals surface area contributed by atoms with E-state index in [-0.39, 0.29) is 0 Å². The van der Waals surface area contributed by atoms with Crippen LogP contribution in [0.5, 0.6) is 0 Å². The molecule has 1 N–H and O–H groups in total. The van der Waals surface area contributed by atoms with Crippen molar-refractivity contribution in [2.75, 3.05) is 51.2 Å². The summed E-state index contributed by atoms with van der Waals surface area (Å²) in [6.07, 6.45) is 1.93. The average molecular weight is 260 g/mol. The number of nitrogens with one attached hydrogen (secondary N) is 1. The number of fused-ring (bicyclic) bond motifs is 1. The fraction of sp³-hybridized carbons (Fsp3) is 0.538. The minimum atomic E-state index is 0.793. The molecule has 2 aromatic heterocycles. The normalized spacial score (nSPS) is 16.9. The van der Waals surface area contributed by atoms with Crippen molar-refractivity contribution in [3.05, 3.63) is 24.4 Å². The molecule has 19 heavy (non-hydrogen) atoms. The maximum atomic E-state index is 4.52. The third-order valence-electron chi connectivity index (χ3n) is 3.53. The van der Waals surface area contributed by atoms with Crippen LogP contribution in [-0.2, 0) is 0 Å². The molecule has 102 valence electrons. The van der Waals surface area contributed by atoms with Crippen LogP contribution in [-0.4, -0.2) is 65.8 Å².